The summed E-state index contributed by atoms with van der Waals surface area (Å²) < 4.78 is 6.26. The van der Waals surface area contributed by atoms with Gasteiger partial charge in [-0.2, -0.15) is 4.58 Å². The minimum atomic E-state index is -0.492. The fourth-order valence-corrected chi connectivity index (χ4v) is 1.75. The van der Waals surface area contributed by atoms with E-state index >= 15 is 0 Å². The maximum Gasteiger partial charge on any atom is 0.406 e. The molecule has 0 aromatic carbocycles. The van der Waals surface area contributed by atoms with E-state index in [1.807, 2.05) is 12.3 Å². The van der Waals surface area contributed by atoms with Crippen molar-refractivity contribution in [1.82, 2.24) is 0 Å². The molecule has 0 spiro atoms. The molecule has 0 N–H and O–H groups in total. The Hall–Kier alpha value is -1.45. The number of carbonyl (C=O) groups excluding carboxylic acids is 2. The lowest BCUT2D eigenvalue weighted by Gasteiger charge is -2.19. The van der Waals surface area contributed by atoms with Crippen molar-refractivity contribution in [2.75, 3.05) is 7.05 Å². The van der Waals surface area contributed by atoms with Crippen LogP contribution in [0.25, 0.3) is 0 Å². The van der Waals surface area contributed by atoms with Gasteiger partial charge in [-0.3, -0.25) is 4.79 Å². The van der Waals surface area contributed by atoms with Crippen LogP contribution in [0.15, 0.2) is 12.3 Å². The van der Waals surface area contributed by atoms with Crippen molar-refractivity contribution in [2.24, 2.45) is 5.92 Å². The summed E-state index contributed by atoms with van der Waals surface area (Å²) in [7, 11) is 1.79. The van der Waals surface area contributed by atoms with Gasteiger partial charge in [0.05, 0.1) is 12.3 Å². The number of fused-ring (bicyclic) bond motifs is 1. The summed E-state index contributed by atoms with van der Waals surface area (Å²) in [4.78, 5) is 22.2. The van der Waals surface area contributed by atoms with Gasteiger partial charge in [0.25, 0.3) is 5.71 Å². The van der Waals surface area contributed by atoms with Crippen LogP contribution in [-0.2, 0) is 14.3 Å². The molecule has 1 saturated heterocycles. The number of rotatable bonds is 0. The lowest BCUT2D eigenvalue weighted by molar-refractivity contribution is -0.427. The Morgan fingerprint density at radius 2 is 2.31 bits per heavy atom. The first-order valence-corrected chi connectivity index (χ1v) is 4.20. The van der Waals surface area contributed by atoms with Crippen LogP contribution in [0.2, 0.25) is 0 Å². The molecule has 2 heterocycles. The standard InChI is InChI=1S/C9H10NO3/c1-10-4-2-3-6-5-7(11)13-9(12)8(6)10/h2,4,6H,3,5H2,1H3/q+1. The van der Waals surface area contributed by atoms with E-state index < -0.39 is 11.9 Å². The predicted octanol–water partition coefficient (Wildman–Crippen LogP) is 0.0768. The van der Waals surface area contributed by atoms with Crippen LogP contribution in [0.5, 0.6) is 0 Å². The van der Waals surface area contributed by atoms with Gasteiger partial charge in [0.2, 0.25) is 0 Å². The van der Waals surface area contributed by atoms with Crippen molar-refractivity contribution < 1.29 is 18.9 Å². The number of ether oxygens (including phenoxy) is 1. The summed E-state index contributed by atoms with van der Waals surface area (Å²) in [5.41, 5.74) is 0.599. The maximum absolute atomic E-state index is 11.3. The number of allylic oxidation sites excluding steroid dienone is 1. The Bertz CT molecular complexity index is 341. The molecule has 68 valence electrons. The molecule has 1 atom stereocenters. The lowest BCUT2D eigenvalue weighted by Crippen LogP contribution is -2.41. The molecule has 1 unspecified atom stereocenters. The highest BCUT2D eigenvalue weighted by Crippen LogP contribution is 2.21. The summed E-state index contributed by atoms with van der Waals surface area (Å²) in [6, 6.07) is 0. The van der Waals surface area contributed by atoms with Crippen molar-refractivity contribution in [3.63, 3.8) is 0 Å². The van der Waals surface area contributed by atoms with Crippen LogP contribution in [-0.4, -0.2) is 29.3 Å². The summed E-state index contributed by atoms with van der Waals surface area (Å²) in [5.74, 6) is -0.890. The van der Waals surface area contributed by atoms with E-state index in [-0.39, 0.29) is 5.92 Å². The van der Waals surface area contributed by atoms with E-state index in [1.54, 1.807) is 11.6 Å². The van der Waals surface area contributed by atoms with E-state index in [0.717, 1.165) is 6.42 Å². The summed E-state index contributed by atoms with van der Waals surface area (Å²) in [6.45, 7) is 0. The minimum absolute atomic E-state index is 0.0174. The Morgan fingerprint density at radius 3 is 3.08 bits per heavy atom. The van der Waals surface area contributed by atoms with Crippen molar-refractivity contribution in [1.29, 1.82) is 0 Å². The smallest absolute Gasteiger partial charge is 0.385 e. The van der Waals surface area contributed by atoms with Gasteiger partial charge in [0, 0.05) is 0 Å². The predicted molar refractivity (Wildman–Crippen MR) is 44.2 cm³/mol. The van der Waals surface area contributed by atoms with Gasteiger partial charge in [-0.1, -0.05) is 0 Å². The molecule has 0 bridgehead atoms. The van der Waals surface area contributed by atoms with Crippen LogP contribution in [0.4, 0.5) is 0 Å². The third-order valence-corrected chi connectivity index (χ3v) is 2.35. The first-order valence-electron chi connectivity index (χ1n) is 4.20. The second-order valence-electron chi connectivity index (χ2n) is 3.28. The molecule has 4 heteroatoms. The Labute approximate surface area is 75.5 Å². The topological polar surface area (TPSA) is 46.4 Å². The third kappa shape index (κ3) is 1.28. The molecule has 13 heavy (non-hydrogen) atoms. The van der Waals surface area contributed by atoms with Crippen molar-refractivity contribution >= 4 is 17.7 Å². The molecular formula is C9H10NO3+. The molecule has 2 aliphatic rings. The fraction of sp³-hybridized carbons (Fsp3) is 0.444. The normalized spacial score (nSPS) is 27.3. The molecule has 2 rings (SSSR count). The Kier molecular flexibility index (Phi) is 1.76. The highest BCUT2D eigenvalue weighted by atomic mass is 16.6. The van der Waals surface area contributed by atoms with Gasteiger partial charge in [-0.15, -0.1) is 0 Å². The lowest BCUT2D eigenvalue weighted by atomic mass is 9.92. The molecule has 0 radical (unpaired) electrons. The molecule has 0 aromatic rings. The molecule has 2 aliphatic heterocycles. The largest absolute Gasteiger partial charge is 0.406 e. The van der Waals surface area contributed by atoms with Crippen molar-refractivity contribution in [2.45, 2.75) is 12.8 Å². The van der Waals surface area contributed by atoms with E-state index in [0.29, 0.717) is 12.1 Å². The summed E-state index contributed by atoms with van der Waals surface area (Å²) in [5, 5.41) is 0. The molecule has 0 amide bonds. The zero-order valence-electron chi connectivity index (χ0n) is 7.32. The monoisotopic (exact) mass is 180 g/mol. The third-order valence-electron chi connectivity index (χ3n) is 2.35. The Balaban J connectivity index is 2.39. The van der Waals surface area contributed by atoms with Gasteiger partial charge < -0.3 is 4.74 Å². The van der Waals surface area contributed by atoms with Crippen LogP contribution in [0.1, 0.15) is 12.8 Å². The average molecular weight is 180 g/mol. The number of hydrogen-bond donors (Lipinski definition) is 0. The van der Waals surface area contributed by atoms with E-state index in [1.165, 1.54) is 0 Å². The molecule has 4 nitrogen and oxygen atoms in total. The maximum atomic E-state index is 11.3. The SMILES string of the molecule is C[N+]1=C2C(=O)OC(=O)CC2CC=C1. The number of carbonyl (C=O) groups is 2. The average Bonchev–Trinajstić information content (AvgIpc) is 2.02. The first kappa shape index (κ1) is 8.16. The van der Waals surface area contributed by atoms with Crippen LogP contribution in [0.3, 0.4) is 0 Å². The molecular weight excluding hydrogens is 170 g/mol. The zero-order valence-corrected chi connectivity index (χ0v) is 7.32. The van der Waals surface area contributed by atoms with E-state index in [4.69, 9.17) is 0 Å². The minimum Gasteiger partial charge on any atom is -0.385 e. The molecule has 0 aromatic heterocycles. The molecule has 0 saturated carbocycles. The number of hydrogen-bond acceptors (Lipinski definition) is 3. The van der Waals surface area contributed by atoms with E-state index in [2.05, 4.69) is 4.74 Å². The highest BCUT2D eigenvalue weighted by molar-refractivity contribution is 6.38. The number of esters is 2. The van der Waals surface area contributed by atoms with Gasteiger partial charge in [0.1, 0.15) is 7.05 Å². The quantitative estimate of drug-likeness (QED) is 0.301. The molecule has 1 fully saturated rings. The van der Waals surface area contributed by atoms with E-state index in [9.17, 15) is 9.59 Å². The van der Waals surface area contributed by atoms with Crippen molar-refractivity contribution in [3.8, 4) is 0 Å². The second kappa shape index (κ2) is 2.80. The van der Waals surface area contributed by atoms with Gasteiger partial charge in [-0.05, 0) is 12.5 Å². The van der Waals surface area contributed by atoms with Crippen LogP contribution < -0.4 is 0 Å². The fourth-order valence-electron chi connectivity index (χ4n) is 1.75. The van der Waals surface area contributed by atoms with Crippen LogP contribution in [0, 0.1) is 5.92 Å². The molecule has 0 aliphatic carbocycles. The highest BCUT2D eigenvalue weighted by Gasteiger charge is 2.40. The first-order chi connectivity index (χ1) is 6.18. The van der Waals surface area contributed by atoms with Crippen molar-refractivity contribution in [3.05, 3.63) is 12.3 Å². The zero-order chi connectivity index (χ0) is 9.42. The number of nitrogens with zero attached hydrogens (tertiary/aromatic N) is 1. The number of cyclic esters (lactones) is 2. The van der Waals surface area contributed by atoms with Crippen LogP contribution >= 0.6 is 0 Å². The summed E-state index contributed by atoms with van der Waals surface area (Å²) >= 11 is 0. The second-order valence-corrected chi connectivity index (χ2v) is 3.28. The van der Waals surface area contributed by atoms with Gasteiger partial charge >= 0.3 is 11.9 Å². The van der Waals surface area contributed by atoms with Gasteiger partial charge in [0.15, 0.2) is 6.20 Å². The Morgan fingerprint density at radius 1 is 1.54 bits per heavy atom. The van der Waals surface area contributed by atoms with Gasteiger partial charge in [-0.25, -0.2) is 4.79 Å². The summed E-state index contributed by atoms with van der Waals surface area (Å²) in [6.07, 6.45) is 4.85.